The van der Waals surface area contributed by atoms with Crippen LogP contribution in [-0.2, 0) is 76.3 Å². The molecule has 0 amide bonds. The molecular weight excluding hydrogens is 1380 g/mol. The largest absolute Gasteiger partial charge is 0.481 e. The maximum Gasteiger partial charge on any atom is 0.347 e. The van der Waals surface area contributed by atoms with Crippen LogP contribution in [0.4, 0.5) is 0 Å². The summed E-state index contributed by atoms with van der Waals surface area (Å²) in [6, 6.07) is 0. The van der Waals surface area contributed by atoms with Crippen LogP contribution >= 0.6 is 0 Å². The molecule has 0 fully saturated rings. The quantitative estimate of drug-likeness (QED) is 0.0326. The normalized spacial score (nSPS) is 13.5. The van der Waals surface area contributed by atoms with E-state index >= 15 is 0 Å². The molecule has 0 rings (SSSR count). The molecule has 0 aromatic heterocycles. The van der Waals surface area contributed by atoms with Gasteiger partial charge in [-0.1, -0.05) is 279 Å². The Morgan fingerprint density at radius 2 is 0.468 bits per heavy atom. The summed E-state index contributed by atoms with van der Waals surface area (Å²) in [6.07, 6.45) is 93.3. The second-order valence-corrected chi connectivity index (χ2v) is 24.1. The van der Waals surface area contributed by atoms with Gasteiger partial charge in [0.05, 0.1) is 5.92 Å². The Morgan fingerprint density at radius 3 is 0.679 bits per heavy atom. The van der Waals surface area contributed by atoms with E-state index in [9.17, 15) is 43.2 Å². The molecule has 0 aliphatic heterocycles. The van der Waals surface area contributed by atoms with E-state index in [1.165, 1.54) is 46.8 Å². The maximum atomic E-state index is 12.0. The number of carboxylic acids is 2. The van der Waals surface area contributed by atoms with E-state index in [0.29, 0.717) is 19.3 Å². The van der Waals surface area contributed by atoms with Gasteiger partial charge in [0.25, 0.3) is 0 Å². The minimum absolute atomic E-state index is 0.0276. The van der Waals surface area contributed by atoms with E-state index in [0.717, 1.165) is 116 Å². The zero-order valence-electron chi connectivity index (χ0n) is 67.1. The number of esters is 7. The van der Waals surface area contributed by atoms with E-state index in [1.54, 1.807) is 13.8 Å². The van der Waals surface area contributed by atoms with Crippen LogP contribution in [0.3, 0.4) is 0 Å². The van der Waals surface area contributed by atoms with E-state index in [1.807, 2.05) is 36.5 Å². The van der Waals surface area contributed by atoms with Gasteiger partial charge in [0.1, 0.15) is 13.2 Å². The summed E-state index contributed by atoms with van der Waals surface area (Å²) in [5.74, 6) is -6.62. The summed E-state index contributed by atoms with van der Waals surface area (Å²) in [5, 5.41) is 17.2. The van der Waals surface area contributed by atoms with Crippen molar-refractivity contribution in [2.45, 2.75) is 254 Å². The van der Waals surface area contributed by atoms with Gasteiger partial charge >= 0.3 is 53.7 Å². The van der Waals surface area contributed by atoms with Crippen molar-refractivity contribution >= 4 is 53.7 Å². The number of hydrogen-bond acceptors (Lipinski definition) is 16. The van der Waals surface area contributed by atoms with Gasteiger partial charge in [0.2, 0.25) is 0 Å². The fourth-order valence-corrected chi connectivity index (χ4v) is 7.65. The number of carbonyl (C=O) groups is 9. The first-order valence-electron chi connectivity index (χ1n) is 38.3. The van der Waals surface area contributed by atoms with Crippen molar-refractivity contribution in [3.63, 3.8) is 0 Å². The van der Waals surface area contributed by atoms with E-state index < -0.39 is 84.2 Å². The molecule has 0 radical (unpaired) electrons. The Balaban J connectivity index is -0.000000707. The number of carbonyl (C=O) groups excluding carboxylic acids is 7. The number of ether oxygens (including phenoxy) is 7. The lowest BCUT2D eigenvalue weighted by Gasteiger charge is -2.16. The Morgan fingerprint density at radius 1 is 0.266 bits per heavy atom. The van der Waals surface area contributed by atoms with Crippen LogP contribution in [0.25, 0.3) is 0 Å². The summed E-state index contributed by atoms with van der Waals surface area (Å²) in [6.45, 7) is 23.7. The van der Waals surface area contributed by atoms with Crippen LogP contribution in [0, 0.1) is 5.92 Å². The molecule has 18 heteroatoms. The lowest BCUT2D eigenvalue weighted by Crippen LogP contribution is -2.33. The Labute approximate surface area is 654 Å². The Kier molecular flexibility index (Phi) is 79.4. The third-order valence-corrected chi connectivity index (χ3v) is 13.7. The highest BCUT2D eigenvalue weighted by Crippen LogP contribution is 2.09. The first-order chi connectivity index (χ1) is 52.6. The summed E-state index contributed by atoms with van der Waals surface area (Å²) in [5.41, 5.74) is 0. The molecule has 2 N–H and O–H groups in total. The average Bonchev–Trinajstić information content (AvgIpc) is 0.949. The average molecular weight is 1510 g/mol. The second kappa shape index (κ2) is 82.1. The van der Waals surface area contributed by atoms with Gasteiger partial charge in [-0.2, -0.15) is 0 Å². The molecule has 0 saturated heterocycles. The molecule has 0 heterocycles. The molecule has 0 bridgehead atoms. The molecule has 0 aromatic carbocycles. The lowest BCUT2D eigenvalue weighted by molar-refractivity contribution is -0.176. The zero-order chi connectivity index (χ0) is 81.9. The van der Waals surface area contributed by atoms with Crippen LogP contribution in [0.1, 0.15) is 223 Å². The highest BCUT2D eigenvalue weighted by Gasteiger charge is 2.26. The van der Waals surface area contributed by atoms with Gasteiger partial charge in [0, 0.05) is 19.3 Å². The van der Waals surface area contributed by atoms with Crippen molar-refractivity contribution in [3.8, 4) is 0 Å². The van der Waals surface area contributed by atoms with Crippen molar-refractivity contribution in [2.75, 3.05) is 13.2 Å². The number of hydrogen-bond donors (Lipinski definition) is 2. The SMILES string of the molecule is C=CCOC(=O)[C@H](C)OC(=O)C(C)C.C=CCOC(=O)[C@H](C)OC(=O)[C@H](C)OC(=O)CC/C=C\C/C=C\C/C=C\C/C=C\C/C=C\C/C=C\CC.CC/C=C\C/C=C\C/C=C\C/C=C\C/C=C\C/C=C\CCC(=O)O.CC/C=C\C/C=C\C/C=C\C/C=C\C/C=C\C/C=C\CCC(=O)O[C@@H](C)C(=O)O[C@@H](C)C(=O)O. The molecule has 0 aromatic rings. The van der Waals surface area contributed by atoms with Crippen LogP contribution in [0.5, 0.6) is 0 Å². The third kappa shape index (κ3) is 81.9. The summed E-state index contributed by atoms with van der Waals surface area (Å²) < 4.78 is 34.0. The number of rotatable bonds is 57. The van der Waals surface area contributed by atoms with Gasteiger partial charge in [-0.05, 0) is 169 Å². The predicted molar refractivity (Wildman–Crippen MR) is 443 cm³/mol. The van der Waals surface area contributed by atoms with Crippen LogP contribution in [-0.4, -0.2) is 108 Å². The van der Waals surface area contributed by atoms with Crippen molar-refractivity contribution in [2.24, 2.45) is 5.92 Å². The van der Waals surface area contributed by atoms with Gasteiger partial charge in [-0.3, -0.25) is 19.2 Å². The number of carboxylic acid groups (broad SMARTS) is 2. The topological polar surface area (TPSA) is 259 Å². The standard InChI is InChI=1S/C31H44O6.C28H40O6.C22H32O2.C10H16O4/c1-5-7-8-9-10-11-12-13-14-15-16-17-18-19-20-21-22-23-24-25-29(32)36-28(4)31(34)37-27(3)30(33)35-26-6-2;1-4-5-6-7-8-9-10-11-12-13-14-15-16-17-18-19-20-21-22-23-26(29)33-25(3)28(32)34-24(2)27(30)31;1-2-3-4-5-6-7-8-9-10-11-12-13-14-15-16-17-18-19-20-21-22(23)24;1-5-6-13-10(12)8(4)14-9(11)7(2)3/h6-8,10-11,13-14,16-17,19-20,22-23,27-28H,2,5,9,12,15,18,21,24-26H2,1,3-4H3;5-6,8-9,11-12,14-15,17-18,20-21,24-25H,4,7,10,13,16,19,22-23H2,1-3H3,(H,30,31);3-4,6-7,9-10,12-13,15-16,18-19H,2,5,8,11,14,17,20-21H2,1H3,(H,23,24);5,7-8H,1,6H2,2-4H3/b8-7-,11-10-,14-13-,17-16-,20-19-,23-22-;6-5-,9-8-,12-11-,15-14-,18-17-,21-20-;4-3-,7-6-,10-9-,13-12-,16-15-,19-18-;/t27-,28-;24-,25-;;8-/m00.0/s1. The molecule has 0 aliphatic rings. The second-order valence-electron chi connectivity index (χ2n) is 24.1. The smallest absolute Gasteiger partial charge is 0.347 e. The Hall–Kier alpha value is -9.97. The van der Waals surface area contributed by atoms with Crippen molar-refractivity contribution < 1.29 is 86.5 Å². The molecular formula is C91H132O18. The Bertz CT molecular complexity index is 3030. The lowest BCUT2D eigenvalue weighted by atomic mass is 10.2. The highest BCUT2D eigenvalue weighted by molar-refractivity contribution is 5.83. The van der Waals surface area contributed by atoms with Crippen molar-refractivity contribution in [3.05, 3.63) is 244 Å². The minimum Gasteiger partial charge on any atom is -0.481 e. The third-order valence-electron chi connectivity index (χ3n) is 13.7. The molecule has 604 valence electrons. The molecule has 18 nitrogen and oxygen atoms in total. The van der Waals surface area contributed by atoms with Gasteiger partial charge < -0.3 is 43.4 Å². The van der Waals surface area contributed by atoms with Crippen molar-refractivity contribution in [1.82, 2.24) is 0 Å². The minimum atomic E-state index is -1.28. The summed E-state index contributed by atoms with van der Waals surface area (Å²) >= 11 is 0. The van der Waals surface area contributed by atoms with Gasteiger partial charge in [-0.15, -0.1) is 0 Å². The van der Waals surface area contributed by atoms with E-state index in [2.05, 4.69) is 221 Å². The molecule has 0 saturated carbocycles. The van der Waals surface area contributed by atoms with E-state index in [4.69, 9.17) is 38.6 Å². The predicted octanol–water partition coefficient (Wildman–Crippen LogP) is 21.3. The summed E-state index contributed by atoms with van der Waals surface area (Å²) in [7, 11) is 0. The molecule has 0 aliphatic carbocycles. The molecule has 0 spiro atoms. The number of aliphatic carboxylic acids is 2. The molecule has 0 unspecified atom stereocenters. The van der Waals surface area contributed by atoms with Crippen molar-refractivity contribution in [1.29, 1.82) is 0 Å². The molecule has 109 heavy (non-hydrogen) atoms. The van der Waals surface area contributed by atoms with Crippen LogP contribution in [0.2, 0.25) is 0 Å². The zero-order valence-corrected chi connectivity index (χ0v) is 67.1. The first kappa shape index (κ1) is 105. The first-order valence-corrected chi connectivity index (χ1v) is 38.3. The van der Waals surface area contributed by atoms with E-state index in [-0.39, 0.29) is 38.4 Å². The fraction of sp³-hybridized carbons (Fsp3) is 0.462. The van der Waals surface area contributed by atoms with Gasteiger partial charge in [-0.25, -0.2) is 24.0 Å². The molecule has 5 atom stereocenters. The highest BCUT2D eigenvalue weighted by atomic mass is 16.6. The summed E-state index contributed by atoms with van der Waals surface area (Å²) in [4.78, 5) is 102. The monoisotopic (exact) mass is 1510 g/mol. The maximum absolute atomic E-state index is 12.0. The van der Waals surface area contributed by atoms with Crippen LogP contribution < -0.4 is 0 Å². The number of allylic oxidation sites excluding steroid dienone is 36. The fourth-order valence-electron chi connectivity index (χ4n) is 7.65. The van der Waals surface area contributed by atoms with Crippen LogP contribution in [0.15, 0.2) is 244 Å². The van der Waals surface area contributed by atoms with Gasteiger partial charge in [0.15, 0.2) is 30.5 Å².